The van der Waals surface area contributed by atoms with Crippen molar-refractivity contribution in [2.24, 2.45) is 4.99 Å². The summed E-state index contributed by atoms with van der Waals surface area (Å²) in [6.45, 7) is 13.0. The maximum absolute atomic E-state index is 4.73. The lowest BCUT2D eigenvalue weighted by molar-refractivity contribution is 0.221. The summed E-state index contributed by atoms with van der Waals surface area (Å²) in [4.78, 5) is 7.20. The van der Waals surface area contributed by atoms with Gasteiger partial charge in [0.1, 0.15) is 0 Å². The minimum atomic E-state index is 0.495. The highest BCUT2D eigenvalue weighted by Gasteiger charge is 2.19. The van der Waals surface area contributed by atoms with Crippen molar-refractivity contribution < 1.29 is 0 Å². The number of guanidine groups is 1. The SMILES string of the molecule is C=C(C)CN1CCC(NC(=NCc2ccc(Br)cc2)NCC)CC1. The third-order valence-corrected chi connectivity index (χ3v) is 4.63. The van der Waals surface area contributed by atoms with Crippen LogP contribution in [-0.2, 0) is 6.54 Å². The summed E-state index contributed by atoms with van der Waals surface area (Å²) >= 11 is 3.47. The fraction of sp³-hybridized carbons (Fsp3) is 0.526. The largest absolute Gasteiger partial charge is 0.357 e. The van der Waals surface area contributed by atoms with Gasteiger partial charge in [-0.3, -0.25) is 4.90 Å². The summed E-state index contributed by atoms with van der Waals surface area (Å²) in [6, 6.07) is 8.82. The van der Waals surface area contributed by atoms with Crippen LogP contribution in [0.3, 0.4) is 0 Å². The second-order valence-corrected chi connectivity index (χ2v) is 7.39. The van der Waals surface area contributed by atoms with Crippen molar-refractivity contribution in [3.05, 3.63) is 46.5 Å². The second kappa shape index (κ2) is 9.84. The van der Waals surface area contributed by atoms with Gasteiger partial charge in [0.15, 0.2) is 5.96 Å². The molecule has 0 saturated carbocycles. The van der Waals surface area contributed by atoms with E-state index in [1.807, 2.05) is 0 Å². The number of piperidine rings is 1. The molecule has 1 aromatic carbocycles. The summed E-state index contributed by atoms with van der Waals surface area (Å²) in [6.07, 6.45) is 2.30. The molecule has 5 heteroatoms. The normalized spacial score (nSPS) is 16.9. The summed E-state index contributed by atoms with van der Waals surface area (Å²) < 4.78 is 1.10. The zero-order valence-electron chi connectivity index (χ0n) is 14.8. The van der Waals surface area contributed by atoms with E-state index in [1.165, 1.54) is 11.1 Å². The van der Waals surface area contributed by atoms with Gasteiger partial charge < -0.3 is 10.6 Å². The van der Waals surface area contributed by atoms with Crippen molar-refractivity contribution in [3.8, 4) is 0 Å². The predicted octanol–water partition coefficient (Wildman–Crippen LogP) is 3.54. The standard InChI is InChI=1S/C19H29BrN4/c1-4-21-19(22-13-16-5-7-17(20)8-6-16)23-18-9-11-24(12-10-18)14-15(2)3/h5-8,18H,2,4,9-14H2,1,3H3,(H2,21,22,23). The molecule has 1 fully saturated rings. The zero-order valence-corrected chi connectivity index (χ0v) is 16.4. The Morgan fingerprint density at radius 3 is 2.54 bits per heavy atom. The van der Waals surface area contributed by atoms with E-state index < -0.39 is 0 Å². The maximum atomic E-state index is 4.73. The Kier molecular flexibility index (Phi) is 7.79. The lowest BCUT2D eigenvalue weighted by Gasteiger charge is -2.33. The molecule has 2 N–H and O–H groups in total. The Balaban J connectivity index is 1.85. The number of likely N-dealkylation sites (tertiary alicyclic amines) is 1. The van der Waals surface area contributed by atoms with Crippen molar-refractivity contribution >= 4 is 21.9 Å². The van der Waals surface area contributed by atoms with Gasteiger partial charge in [-0.15, -0.1) is 0 Å². The molecule has 132 valence electrons. The van der Waals surface area contributed by atoms with Crippen molar-refractivity contribution in [2.45, 2.75) is 39.3 Å². The molecular formula is C19H29BrN4. The first kappa shape index (κ1) is 19.0. The van der Waals surface area contributed by atoms with Gasteiger partial charge in [-0.05, 0) is 44.4 Å². The Bertz CT molecular complexity index is 545. The van der Waals surface area contributed by atoms with E-state index in [4.69, 9.17) is 4.99 Å². The number of hydrogen-bond acceptors (Lipinski definition) is 2. The minimum Gasteiger partial charge on any atom is -0.357 e. The lowest BCUT2D eigenvalue weighted by atomic mass is 10.0. The van der Waals surface area contributed by atoms with E-state index in [-0.39, 0.29) is 0 Å². The van der Waals surface area contributed by atoms with Crippen LogP contribution in [0.4, 0.5) is 0 Å². The number of aliphatic imine (C=N–C) groups is 1. The third kappa shape index (κ3) is 6.65. The number of rotatable bonds is 6. The summed E-state index contributed by atoms with van der Waals surface area (Å²) in [5, 5.41) is 6.95. The van der Waals surface area contributed by atoms with Crippen LogP contribution < -0.4 is 10.6 Å². The monoisotopic (exact) mass is 392 g/mol. The smallest absolute Gasteiger partial charge is 0.191 e. The molecule has 0 unspecified atom stereocenters. The van der Waals surface area contributed by atoms with Gasteiger partial charge in [-0.2, -0.15) is 0 Å². The van der Waals surface area contributed by atoms with Crippen LogP contribution in [0.5, 0.6) is 0 Å². The molecule has 0 bridgehead atoms. The Morgan fingerprint density at radius 1 is 1.29 bits per heavy atom. The molecule has 1 saturated heterocycles. The molecule has 24 heavy (non-hydrogen) atoms. The highest BCUT2D eigenvalue weighted by Crippen LogP contribution is 2.13. The van der Waals surface area contributed by atoms with Gasteiger partial charge in [-0.1, -0.05) is 40.2 Å². The molecule has 0 radical (unpaired) electrons. The van der Waals surface area contributed by atoms with E-state index >= 15 is 0 Å². The van der Waals surface area contributed by atoms with Gasteiger partial charge in [0.25, 0.3) is 0 Å². The first-order chi connectivity index (χ1) is 11.6. The fourth-order valence-corrected chi connectivity index (χ4v) is 3.15. The topological polar surface area (TPSA) is 39.7 Å². The van der Waals surface area contributed by atoms with Crippen molar-refractivity contribution in [1.82, 2.24) is 15.5 Å². The summed E-state index contributed by atoms with van der Waals surface area (Å²) in [5.74, 6) is 0.916. The fourth-order valence-electron chi connectivity index (χ4n) is 2.89. The molecule has 0 aliphatic carbocycles. The minimum absolute atomic E-state index is 0.495. The number of halogens is 1. The average molecular weight is 393 g/mol. The van der Waals surface area contributed by atoms with Crippen molar-refractivity contribution in [2.75, 3.05) is 26.2 Å². The molecule has 0 spiro atoms. The van der Waals surface area contributed by atoms with Gasteiger partial charge in [-0.25, -0.2) is 4.99 Å². The highest BCUT2D eigenvalue weighted by molar-refractivity contribution is 9.10. The first-order valence-corrected chi connectivity index (χ1v) is 9.52. The third-order valence-electron chi connectivity index (χ3n) is 4.10. The van der Waals surface area contributed by atoms with Gasteiger partial charge in [0, 0.05) is 36.7 Å². The van der Waals surface area contributed by atoms with E-state index in [0.29, 0.717) is 12.6 Å². The van der Waals surface area contributed by atoms with E-state index in [0.717, 1.165) is 49.5 Å². The first-order valence-electron chi connectivity index (χ1n) is 8.73. The van der Waals surface area contributed by atoms with Gasteiger partial charge in [0.05, 0.1) is 6.54 Å². The molecule has 0 atom stereocenters. The molecule has 0 amide bonds. The number of benzene rings is 1. The molecule has 1 heterocycles. The summed E-state index contributed by atoms with van der Waals surface area (Å²) in [5.41, 5.74) is 2.46. The van der Waals surface area contributed by atoms with E-state index in [2.05, 4.69) is 76.2 Å². The number of nitrogens with one attached hydrogen (secondary N) is 2. The van der Waals surface area contributed by atoms with Gasteiger partial charge >= 0.3 is 0 Å². The van der Waals surface area contributed by atoms with Crippen LogP contribution in [0.25, 0.3) is 0 Å². The molecule has 4 nitrogen and oxygen atoms in total. The lowest BCUT2D eigenvalue weighted by Crippen LogP contribution is -2.48. The Hall–Kier alpha value is -1.33. The number of nitrogens with zero attached hydrogens (tertiary/aromatic N) is 2. The van der Waals surface area contributed by atoms with Crippen LogP contribution in [0, 0.1) is 0 Å². The van der Waals surface area contributed by atoms with Crippen LogP contribution in [0.15, 0.2) is 45.9 Å². The maximum Gasteiger partial charge on any atom is 0.191 e. The zero-order chi connectivity index (χ0) is 17.4. The van der Waals surface area contributed by atoms with Crippen molar-refractivity contribution in [1.29, 1.82) is 0 Å². The van der Waals surface area contributed by atoms with Crippen LogP contribution in [0.1, 0.15) is 32.3 Å². The van der Waals surface area contributed by atoms with E-state index in [9.17, 15) is 0 Å². The molecule has 1 aliphatic rings. The average Bonchev–Trinajstić information content (AvgIpc) is 2.55. The Labute approximate surface area is 154 Å². The quantitative estimate of drug-likeness (QED) is 0.441. The molecular weight excluding hydrogens is 364 g/mol. The van der Waals surface area contributed by atoms with Crippen LogP contribution in [-0.4, -0.2) is 43.1 Å². The van der Waals surface area contributed by atoms with Crippen LogP contribution in [0.2, 0.25) is 0 Å². The van der Waals surface area contributed by atoms with E-state index in [1.54, 1.807) is 0 Å². The summed E-state index contributed by atoms with van der Waals surface area (Å²) in [7, 11) is 0. The molecule has 1 aromatic rings. The van der Waals surface area contributed by atoms with Crippen molar-refractivity contribution in [3.63, 3.8) is 0 Å². The highest BCUT2D eigenvalue weighted by atomic mass is 79.9. The Morgan fingerprint density at radius 2 is 1.96 bits per heavy atom. The predicted molar refractivity (Wildman–Crippen MR) is 106 cm³/mol. The second-order valence-electron chi connectivity index (χ2n) is 6.47. The van der Waals surface area contributed by atoms with Crippen LogP contribution >= 0.6 is 15.9 Å². The number of hydrogen-bond donors (Lipinski definition) is 2. The molecule has 1 aliphatic heterocycles. The molecule has 0 aromatic heterocycles. The van der Waals surface area contributed by atoms with Gasteiger partial charge in [0.2, 0.25) is 0 Å². The molecule has 2 rings (SSSR count).